The Morgan fingerprint density at radius 2 is 1.95 bits per heavy atom. The molecule has 1 aliphatic heterocycles. The highest BCUT2D eigenvalue weighted by molar-refractivity contribution is 5.76. The Kier molecular flexibility index (Phi) is 4.57. The predicted molar refractivity (Wildman–Crippen MR) is 78.4 cm³/mol. The van der Waals surface area contributed by atoms with Gasteiger partial charge in [0, 0.05) is 36.7 Å². The number of phenols is 1. The number of amides is 1. The molecule has 21 heavy (non-hydrogen) atoms. The molecule has 0 spiro atoms. The summed E-state index contributed by atoms with van der Waals surface area (Å²) >= 11 is 0. The van der Waals surface area contributed by atoms with Gasteiger partial charge in [0.15, 0.2) is 11.5 Å². The van der Waals surface area contributed by atoms with Gasteiger partial charge in [-0.05, 0) is 26.8 Å². The summed E-state index contributed by atoms with van der Waals surface area (Å²) in [6, 6.07) is 3.30. The summed E-state index contributed by atoms with van der Waals surface area (Å²) in [5.74, 6) is 1.35. The zero-order chi connectivity index (χ0) is 15.5. The quantitative estimate of drug-likeness (QED) is 0.717. The molecule has 0 radical (unpaired) electrons. The summed E-state index contributed by atoms with van der Waals surface area (Å²) in [7, 11) is 0. The highest BCUT2D eigenvalue weighted by atomic mass is 16.7. The summed E-state index contributed by atoms with van der Waals surface area (Å²) < 4.78 is 10.5. The van der Waals surface area contributed by atoms with Gasteiger partial charge in [0.25, 0.3) is 0 Å². The lowest BCUT2D eigenvalue weighted by Gasteiger charge is -2.20. The molecule has 0 aliphatic carbocycles. The number of ether oxygens (including phenoxy) is 2. The number of phenolic OH excluding ortho intramolecular Hbond substituents is 1. The molecule has 1 aliphatic rings. The van der Waals surface area contributed by atoms with E-state index in [0.717, 1.165) is 5.56 Å². The Morgan fingerprint density at radius 1 is 1.29 bits per heavy atom. The SMILES string of the molecule is CC(C)(C)NC(=O)CCNCc1cc2c(cc1O)OCO2. The maximum atomic E-state index is 11.7. The van der Waals surface area contributed by atoms with Crippen LogP contribution in [0.5, 0.6) is 17.2 Å². The molecular formula is C15H22N2O4. The third-order valence-corrected chi connectivity index (χ3v) is 2.93. The minimum absolute atomic E-state index is 0.00455. The molecule has 6 heteroatoms. The number of carbonyl (C=O) groups is 1. The van der Waals surface area contributed by atoms with E-state index < -0.39 is 0 Å². The second-order valence-corrected chi connectivity index (χ2v) is 6.06. The van der Waals surface area contributed by atoms with Crippen LogP contribution in [0.15, 0.2) is 12.1 Å². The molecule has 0 saturated heterocycles. The van der Waals surface area contributed by atoms with Gasteiger partial charge >= 0.3 is 0 Å². The third kappa shape index (κ3) is 4.53. The molecule has 0 fully saturated rings. The van der Waals surface area contributed by atoms with Gasteiger partial charge in [0.05, 0.1) is 0 Å². The number of rotatable bonds is 5. The summed E-state index contributed by atoms with van der Waals surface area (Å²) in [6.45, 7) is 7.02. The first-order chi connectivity index (χ1) is 9.85. The normalized spacial score (nSPS) is 13.3. The number of hydrogen-bond acceptors (Lipinski definition) is 5. The van der Waals surface area contributed by atoms with Crippen LogP contribution in [0.4, 0.5) is 0 Å². The molecule has 3 N–H and O–H groups in total. The van der Waals surface area contributed by atoms with Gasteiger partial charge in [-0.1, -0.05) is 0 Å². The summed E-state index contributed by atoms with van der Waals surface area (Å²) in [5, 5.41) is 15.9. The van der Waals surface area contributed by atoms with Crippen molar-refractivity contribution in [2.45, 2.75) is 39.3 Å². The topological polar surface area (TPSA) is 79.8 Å². The van der Waals surface area contributed by atoms with E-state index in [-0.39, 0.29) is 24.0 Å². The maximum Gasteiger partial charge on any atom is 0.231 e. The number of aromatic hydroxyl groups is 1. The Bertz CT molecular complexity index is 523. The second kappa shape index (κ2) is 6.22. The van der Waals surface area contributed by atoms with Gasteiger partial charge < -0.3 is 25.2 Å². The minimum Gasteiger partial charge on any atom is -0.507 e. The molecular weight excluding hydrogens is 272 g/mol. The number of benzene rings is 1. The van der Waals surface area contributed by atoms with Crippen LogP contribution in [0.2, 0.25) is 0 Å². The summed E-state index contributed by atoms with van der Waals surface area (Å²) in [6.07, 6.45) is 0.391. The molecule has 1 aromatic carbocycles. The smallest absolute Gasteiger partial charge is 0.231 e. The largest absolute Gasteiger partial charge is 0.507 e. The summed E-state index contributed by atoms with van der Waals surface area (Å²) in [5.41, 5.74) is 0.502. The highest BCUT2D eigenvalue weighted by Crippen LogP contribution is 2.37. The van der Waals surface area contributed by atoms with Gasteiger partial charge in [-0.2, -0.15) is 0 Å². The van der Waals surface area contributed by atoms with Crippen LogP contribution in [-0.4, -0.2) is 29.9 Å². The van der Waals surface area contributed by atoms with Crippen molar-refractivity contribution in [3.63, 3.8) is 0 Å². The lowest BCUT2D eigenvalue weighted by molar-refractivity contribution is -0.122. The Hall–Kier alpha value is -1.95. The number of carbonyl (C=O) groups excluding carboxylic acids is 1. The van der Waals surface area contributed by atoms with E-state index in [1.807, 2.05) is 20.8 Å². The van der Waals surface area contributed by atoms with Crippen molar-refractivity contribution in [1.82, 2.24) is 10.6 Å². The van der Waals surface area contributed by atoms with Crippen LogP contribution in [0.1, 0.15) is 32.8 Å². The molecule has 2 rings (SSSR count). The van der Waals surface area contributed by atoms with Gasteiger partial charge in [-0.15, -0.1) is 0 Å². The van der Waals surface area contributed by atoms with Crippen LogP contribution in [0.3, 0.4) is 0 Å². The second-order valence-electron chi connectivity index (χ2n) is 6.06. The van der Waals surface area contributed by atoms with E-state index in [2.05, 4.69) is 10.6 Å². The Morgan fingerprint density at radius 3 is 2.62 bits per heavy atom. The van der Waals surface area contributed by atoms with Gasteiger partial charge in [-0.3, -0.25) is 4.79 Å². The molecule has 0 atom stereocenters. The van der Waals surface area contributed by atoms with Crippen LogP contribution in [0.25, 0.3) is 0 Å². The first kappa shape index (κ1) is 15.4. The molecule has 116 valence electrons. The van der Waals surface area contributed by atoms with Crippen molar-refractivity contribution in [3.8, 4) is 17.2 Å². The van der Waals surface area contributed by atoms with E-state index in [9.17, 15) is 9.90 Å². The van der Waals surface area contributed by atoms with Crippen molar-refractivity contribution in [3.05, 3.63) is 17.7 Å². The van der Waals surface area contributed by atoms with Crippen LogP contribution in [0, 0.1) is 0 Å². The van der Waals surface area contributed by atoms with E-state index in [0.29, 0.717) is 31.0 Å². The molecule has 0 aromatic heterocycles. The maximum absolute atomic E-state index is 11.7. The molecule has 1 heterocycles. The van der Waals surface area contributed by atoms with Crippen molar-refractivity contribution in [2.24, 2.45) is 0 Å². The van der Waals surface area contributed by atoms with Crippen LogP contribution >= 0.6 is 0 Å². The average molecular weight is 294 g/mol. The molecule has 1 aromatic rings. The van der Waals surface area contributed by atoms with Crippen molar-refractivity contribution in [2.75, 3.05) is 13.3 Å². The first-order valence-corrected chi connectivity index (χ1v) is 6.98. The number of fused-ring (bicyclic) bond motifs is 1. The Labute approximate surface area is 124 Å². The lowest BCUT2D eigenvalue weighted by atomic mass is 10.1. The molecule has 0 saturated carbocycles. The standard InChI is InChI=1S/C15H22N2O4/c1-15(2,3)17-14(19)4-5-16-8-10-6-12-13(7-11(10)18)21-9-20-12/h6-7,16,18H,4-5,8-9H2,1-3H3,(H,17,19). The van der Waals surface area contributed by atoms with Crippen molar-refractivity contribution < 1.29 is 19.4 Å². The fourth-order valence-corrected chi connectivity index (χ4v) is 2.02. The van der Waals surface area contributed by atoms with Gasteiger partial charge in [0.1, 0.15) is 5.75 Å². The predicted octanol–water partition coefficient (Wildman–Crippen LogP) is 1.52. The molecule has 1 amide bonds. The first-order valence-electron chi connectivity index (χ1n) is 6.98. The minimum atomic E-state index is -0.216. The number of nitrogens with one attached hydrogen (secondary N) is 2. The number of hydrogen-bond donors (Lipinski definition) is 3. The lowest BCUT2D eigenvalue weighted by Crippen LogP contribution is -2.41. The van der Waals surface area contributed by atoms with Crippen molar-refractivity contribution in [1.29, 1.82) is 0 Å². The van der Waals surface area contributed by atoms with Crippen molar-refractivity contribution >= 4 is 5.91 Å². The van der Waals surface area contributed by atoms with Gasteiger partial charge in [0.2, 0.25) is 12.7 Å². The van der Waals surface area contributed by atoms with E-state index in [4.69, 9.17) is 9.47 Å². The third-order valence-electron chi connectivity index (χ3n) is 2.93. The van der Waals surface area contributed by atoms with E-state index in [1.54, 1.807) is 12.1 Å². The van der Waals surface area contributed by atoms with Crippen LogP contribution < -0.4 is 20.1 Å². The summed E-state index contributed by atoms with van der Waals surface area (Å²) in [4.78, 5) is 11.7. The zero-order valence-electron chi connectivity index (χ0n) is 12.7. The fraction of sp³-hybridized carbons (Fsp3) is 0.533. The molecule has 0 bridgehead atoms. The Balaban J connectivity index is 1.78. The van der Waals surface area contributed by atoms with Crippen LogP contribution in [-0.2, 0) is 11.3 Å². The average Bonchev–Trinajstić information content (AvgIpc) is 2.79. The fourth-order valence-electron chi connectivity index (χ4n) is 2.02. The zero-order valence-corrected chi connectivity index (χ0v) is 12.7. The van der Waals surface area contributed by atoms with Gasteiger partial charge in [-0.25, -0.2) is 0 Å². The van der Waals surface area contributed by atoms with E-state index >= 15 is 0 Å². The highest BCUT2D eigenvalue weighted by Gasteiger charge is 2.17. The van der Waals surface area contributed by atoms with E-state index in [1.165, 1.54) is 0 Å². The monoisotopic (exact) mass is 294 g/mol. The molecule has 0 unspecified atom stereocenters. The molecule has 6 nitrogen and oxygen atoms in total.